The van der Waals surface area contributed by atoms with Crippen molar-refractivity contribution in [1.82, 2.24) is 0 Å². The topological polar surface area (TPSA) is 35.2 Å². The molecule has 1 aromatic rings. The van der Waals surface area contributed by atoms with Gasteiger partial charge < -0.3 is 10.5 Å². The number of para-hydroxylation sites is 2. The number of hydrogen-bond acceptors (Lipinski definition) is 2. The van der Waals surface area contributed by atoms with E-state index in [0.29, 0.717) is 11.6 Å². The van der Waals surface area contributed by atoms with Gasteiger partial charge in [-0.05, 0) is 31.4 Å². The summed E-state index contributed by atoms with van der Waals surface area (Å²) in [5, 5.41) is 0. The Morgan fingerprint density at radius 2 is 1.86 bits per heavy atom. The first-order chi connectivity index (χ1) is 6.59. The molecule has 14 heavy (non-hydrogen) atoms. The summed E-state index contributed by atoms with van der Waals surface area (Å²) in [6.45, 7) is 6.45. The van der Waals surface area contributed by atoms with Crippen LogP contribution in [0.3, 0.4) is 0 Å². The lowest BCUT2D eigenvalue weighted by molar-refractivity contribution is 0.194. The molecule has 2 N–H and O–H groups in total. The Labute approximate surface area is 86.1 Å². The van der Waals surface area contributed by atoms with Gasteiger partial charge in [0.2, 0.25) is 0 Å². The largest absolute Gasteiger partial charge is 0.489 e. The second-order valence-electron chi connectivity index (χ2n) is 4.10. The van der Waals surface area contributed by atoms with Crippen molar-refractivity contribution in [2.45, 2.75) is 33.3 Å². The molecule has 2 heteroatoms. The predicted octanol–water partition coefficient (Wildman–Crippen LogP) is 3.08. The van der Waals surface area contributed by atoms with Crippen LogP contribution in [0.1, 0.15) is 27.2 Å². The Morgan fingerprint density at radius 3 is 2.43 bits per heavy atom. The van der Waals surface area contributed by atoms with Crippen molar-refractivity contribution in [2.75, 3.05) is 5.73 Å². The highest BCUT2D eigenvalue weighted by Gasteiger charge is 2.07. The van der Waals surface area contributed by atoms with Gasteiger partial charge in [-0.3, -0.25) is 0 Å². The maximum Gasteiger partial charge on any atom is 0.142 e. The third kappa shape index (κ3) is 3.29. The number of rotatable bonds is 4. The second-order valence-corrected chi connectivity index (χ2v) is 4.10. The zero-order valence-corrected chi connectivity index (χ0v) is 9.16. The standard InChI is InChI=1S/C12H19NO/c1-9(2)8-10(3)14-12-7-5-4-6-11(12)13/h4-7,9-10H,8,13H2,1-3H3. The van der Waals surface area contributed by atoms with E-state index in [1.807, 2.05) is 24.3 Å². The smallest absolute Gasteiger partial charge is 0.142 e. The van der Waals surface area contributed by atoms with Crippen molar-refractivity contribution in [1.29, 1.82) is 0 Å². The molecule has 1 atom stereocenters. The highest BCUT2D eigenvalue weighted by molar-refractivity contribution is 5.51. The van der Waals surface area contributed by atoms with Gasteiger partial charge >= 0.3 is 0 Å². The average Bonchev–Trinajstić information content (AvgIpc) is 2.07. The van der Waals surface area contributed by atoms with Crippen molar-refractivity contribution in [2.24, 2.45) is 5.92 Å². The van der Waals surface area contributed by atoms with Crippen molar-refractivity contribution in [3.05, 3.63) is 24.3 Å². The fraction of sp³-hybridized carbons (Fsp3) is 0.500. The summed E-state index contributed by atoms with van der Waals surface area (Å²) in [6, 6.07) is 7.62. The van der Waals surface area contributed by atoms with Gasteiger partial charge in [0.15, 0.2) is 0 Å². The van der Waals surface area contributed by atoms with Crippen LogP contribution in [0.4, 0.5) is 5.69 Å². The molecule has 0 radical (unpaired) electrons. The number of hydrogen-bond donors (Lipinski definition) is 1. The van der Waals surface area contributed by atoms with Crippen LogP contribution in [0.2, 0.25) is 0 Å². The molecule has 78 valence electrons. The normalized spacial score (nSPS) is 12.9. The zero-order valence-electron chi connectivity index (χ0n) is 9.16. The van der Waals surface area contributed by atoms with Gasteiger partial charge in [-0.2, -0.15) is 0 Å². The molecule has 0 aromatic heterocycles. The molecule has 0 aliphatic rings. The molecular weight excluding hydrogens is 174 g/mol. The summed E-state index contributed by atoms with van der Waals surface area (Å²) < 4.78 is 5.73. The van der Waals surface area contributed by atoms with Gasteiger partial charge in [0.05, 0.1) is 11.8 Å². The minimum Gasteiger partial charge on any atom is -0.489 e. The third-order valence-electron chi connectivity index (χ3n) is 2.05. The maximum absolute atomic E-state index is 5.77. The Kier molecular flexibility index (Phi) is 3.81. The van der Waals surface area contributed by atoms with E-state index in [-0.39, 0.29) is 6.10 Å². The Balaban J connectivity index is 2.56. The molecule has 0 fully saturated rings. The summed E-state index contributed by atoms with van der Waals surface area (Å²) >= 11 is 0. The van der Waals surface area contributed by atoms with Crippen LogP contribution in [0.5, 0.6) is 5.75 Å². The third-order valence-corrected chi connectivity index (χ3v) is 2.05. The van der Waals surface area contributed by atoms with E-state index in [4.69, 9.17) is 10.5 Å². The molecular formula is C12H19NO. The molecule has 1 aromatic carbocycles. The average molecular weight is 193 g/mol. The van der Waals surface area contributed by atoms with Gasteiger partial charge in [0, 0.05) is 0 Å². The van der Waals surface area contributed by atoms with Crippen molar-refractivity contribution < 1.29 is 4.74 Å². The summed E-state index contributed by atoms with van der Waals surface area (Å²) in [4.78, 5) is 0. The summed E-state index contributed by atoms with van der Waals surface area (Å²) in [6.07, 6.45) is 1.27. The summed E-state index contributed by atoms with van der Waals surface area (Å²) in [7, 11) is 0. The van der Waals surface area contributed by atoms with Crippen molar-refractivity contribution in [3.8, 4) is 5.75 Å². The van der Waals surface area contributed by atoms with Crippen LogP contribution in [-0.4, -0.2) is 6.10 Å². The first kappa shape index (κ1) is 10.9. The van der Waals surface area contributed by atoms with Crippen LogP contribution in [0, 0.1) is 5.92 Å². The van der Waals surface area contributed by atoms with Gasteiger partial charge in [0.1, 0.15) is 5.75 Å². The number of benzene rings is 1. The van der Waals surface area contributed by atoms with Gasteiger partial charge in [-0.15, -0.1) is 0 Å². The molecule has 0 bridgehead atoms. The van der Waals surface area contributed by atoms with Crippen LogP contribution < -0.4 is 10.5 Å². The molecule has 0 saturated carbocycles. The molecule has 0 saturated heterocycles. The number of nitrogen functional groups attached to an aromatic ring is 1. The van der Waals surface area contributed by atoms with Gasteiger partial charge in [0.25, 0.3) is 0 Å². The van der Waals surface area contributed by atoms with E-state index in [2.05, 4.69) is 20.8 Å². The lowest BCUT2D eigenvalue weighted by Gasteiger charge is -2.17. The van der Waals surface area contributed by atoms with Crippen molar-refractivity contribution in [3.63, 3.8) is 0 Å². The number of anilines is 1. The molecule has 0 aliphatic carbocycles. The quantitative estimate of drug-likeness (QED) is 0.746. The molecule has 0 heterocycles. The van der Waals surface area contributed by atoms with E-state index in [0.717, 1.165) is 12.2 Å². The number of ether oxygens (including phenoxy) is 1. The molecule has 0 amide bonds. The summed E-state index contributed by atoms with van der Waals surface area (Å²) in [5.74, 6) is 1.44. The summed E-state index contributed by atoms with van der Waals surface area (Å²) in [5.41, 5.74) is 6.49. The molecule has 0 spiro atoms. The fourth-order valence-electron chi connectivity index (χ4n) is 1.52. The minimum atomic E-state index is 0.222. The SMILES string of the molecule is CC(C)CC(C)Oc1ccccc1N. The maximum atomic E-state index is 5.77. The van der Waals surface area contributed by atoms with E-state index in [1.54, 1.807) is 0 Å². The molecule has 0 aliphatic heterocycles. The Bertz CT molecular complexity index is 283. The predicted molar refractivity (Wildman–Crippen MR) is 60.4 cm³/mol. The Morgan fingerprint density at radius 1 is 1.21 bits per heavy atom. The van der Waals surface area contributed by atoms with E-state index in [9.17, 15) is 0 Å². The molecule has 1 rings (SSSR count). The highest BCUT2D eigenvalue weighted by atomic mass is 16.5. The monoisotopic (exact) mass is 193 g/mol. The highest BCUT2D eigenvalue weighted by Crippen LogP contribution is 2.22. The van der Waals surface area contributed by atoms with Gasteiger partial charge in [-0.25, -0.2) is 0 Å². The molecule has 1 unspecified atom stereocenters. The van der Waals surface area contributed by atoms with Crippen LogP contribution in [0.15, 0.2) is 24.3 Å². The minimum absolute atomic E-state index is 0.222. The van der Waals surface area contributed by atoms with E-state index < -0.39 is 0 Å². The molecule has 2 nitrogen and oxygen atoms in total. The lowest BCUT2D eigenvalue weighted by atomic mass is 10.1. The second kappa shape index (κ2) is 4.89. The van der Waals surface area contributed by atoms with Crippen molar-refractivity contribution >= 4 is 5.69 Å². The van der Waals surface area contributed by atoms with Gasteiger partial charge in [-0.1, -0.05) is 26.0 Å². The van der Waals surface area contributed by atoms with E-state index in [1.165, 1.54) is 0 Å². The first-order valence-electron chi connectivity index (χ1n) is 5.10. The first-order valence-corrected chi connectivity index (χ1v) is 5.10. The zero-order chi connectivity index (χ0) is 10.6. The van der Waals surface area contributed by atoms with E-state index >= 15 is 0 Å². The van der Waals surface area contributed by atoms with Crippen LogP contribution in [0.25, 0.3) is 0 Å². The Hall–Kier alpha value is -1.18. The fourth-order valence-corrected chi connectivity index (χ4v) is 1.52. The van der Waals surface area contributed by atoms with Crippen LogP contribution >= 0.6 is 0 Å². The van der Waals surface area contributed by atoms with Crippen LogP contribution in [-0.2, 0) is 0 Å². The lowest BCUT2D eigenvalue weighted by Crippen LogP contribution is -2.15. The number of nitrogens with two attached hydrogens (primary N) is 1.